The van der Waals surface area contributed by atoms with Gasteiger partial charge in [0.1, 0.15) is 4.75 Å². The number of carboxylic acids is 1. The molecule has 11 heteroatoms. The quantitative estimate of drug-likeness (QED) is 0.269. The highest BCUT2D eigenvalue weighted by atomic mass is 79.9. The van der Waals surface area contributed by atoms with Gasteiger partial charge in [-0.2, -0.15) is 5.10 Å². The molecular weight excluding hydrogens is 536 g/mol. The van der Waals surface area contributed by atoms with Crippen LogP contribution in [0.1, 0.15) is 25.1 Å². The summed E-state index contributed by atoms with van der Waals surface area (Å²) in [6.45, 7) is 4.60. The molecule has 3 aromatic heterocycles. The maximum absolute atomic E-state index is 11.4. The SMILES string of the molecule is CC(C)(Sc1nc(CCN(Cc2cnn(-c3ccccc3)c2)c2ncc(Br)cn2)cs1)C(=O)O. The number of hydrogen-bond acceptors (Lipinski definition) is 8. The van der Waals surface area contributed by atoms with E-state index in [4.69, 9.17) is 0 Å². The van der Waals surface area contributed by atoms with E-state index in [-0.39, 0.29) is 0 Å². The van der Waals surface area contributed by atoms with Gasteiger partial charge in [0, 0.05) is 49.0 Å². The highest BCUT2D eigenvalue weighted by Gasteiger charge is 2.29. The minimum atomic E-state index is -0.925. The Morgan fingerprint density at radius 2 is 1.94 bits per heavy atom. The van der Waals surface area contributed by atoms with Gasteiger partial charge in [-0.15, -0.1) is 11.3 Å². The fourth-order valence-corrected chi connectivity index (χ4v) is 5.49. The smallest absolute Gasteiger partial charge is 0.319 e. The van der Waals surface area contributed by atoms with Crippen LogP contribution in [0.25, 0.3) is 5.69 Å². The highest BCUT2D eigenvalue weighted by molar-refractivity contribution is 9.10. The lowest BCUT2D eigenvalue weighted by Gasteiger charge is -2.21. The first-order valence-electron chi connectivity index (χ1n) is 10.5. The summed E-state index contributed by atoms with van der Waals surface area (Å²) in [7, 11) is 0. The predicted molar refractivity (Wildman–Crippen MR) is 138 cm³/mol. The summed E-state index contributed by atoms with van der Waals surface area (Å²) in [5.74, 6) is -0.239. The van der Waals surface area contributed by atoms with Gasteiger partial charge in [0.05, 0.1) is 22.1 Å². The number of para-hydroxylation sites is 1. The van der Waals surface area contributed by atoms with E-state index in [2.05, 4.69) is 40.9 Å². The summed E-state index contributed by atoms with van der Waals surface area (Å²) in [6, 6.07) is 9.96. The van der Waals surface area contributed by atoms with Crippen LogP contribution in [0, 0.1) is 0 Å². The number of anilines is 1. The molecule has 0 atom stereocenters. The molecular formula is C23H23BrN6O2S2. The van der Waals surface area contributed by atoms with E-state index in [1.165, 1.54) is 23.1 Å². The van der Waals surface area contributed by atoms with Gasteiger partial charge in [-0.25, -0.2) is 19.6 Å². The monoisotopic (exact) mass is 558 g/mol. The molecule has 0 aliphatic carbocycles. The topological polar surface area (TPSA) is 97.0 Å². The fourth-order valence-electron chi connectivity index (χ4n) is 3.06. The molecule has 0 aliphatic heterocycles. The number of aromatic nitrogens is 5. The van der Waals surface area contributed by atoms with Gasteiger partial charge in [-0.05, 0) is 41.9 Å². The van der Waals surface area contributed by atoms with Gasteiger partial charge in [-0.1, -0.05) is 30.0 Å². The van der Waals surface area contributed by atoms with Crippen LogP contribution in [0.15, 0.2) is 69.3 Å². The number of carboxylic acid groups (broad SMARTS) is 1. The molecule has 1 aromatic carbocycles. The molecule has 3 heterocycles. The fraction of sp³-hybridized carbons (Fsp3) is 0.261. The predicted octanol–water partition coefficient (Wildman–Crippen LogP) is 5.09. The molecule has 1 N–H and O–H groups in total. The summed E-state index contributed by atoms with van der Waals surface area (Å²) < 4.78 is 2.49. The molecule has 0 radical (unpaired) electrons. The third-order valence-electron chi connectivity index (χ3n) is 4.95. The molecule has 34 heavy (non-hydrogen) atoms. The second-order valence-electron chi connectivity index (χ2n) is 8.02. The van der Waals surface area contributed by atoms with Crippen molar-refractivity contribution in [3.63, 3.8) is 0 Å². The average molecular weight is 560 g/mol. The Bertz CT molecular complexity index is 1240. The second kappa shape index (κ2) is 10.7. The van der Waals surface area contributed by atoms with Gasteiger partial charge in [-0.3, -0.25) is 4.79 Å². The van der Waals surface area contributed by atoms with Gasteiger partial charge in [0.2, 0.25) is 5.95 Å². The molecule has 4 rings (SSSR count). The highest BCUT2D eigenvalue weighted by Crippen LogP contribution is 2.34. The lowest BCUT2D eigenvalue weighted by molar-refractivity contribution is -0.138. The second-order valence-corrected chi connectivity index (χ2v) is 11.7. The largest absolute Gasteiger partial charge is 0.480 e. The molecule has 0 unspecified atom stereocenters. The number of thiazole rings is 1. The van der Waals surface area contributed by atoms with Crippen molar-refractivity contribution in [3.8, 4) is 5.69 Å². The number of hydrogen-bond donors (Lipinski definition) is 1. The number of nitrogens with zero attached hydrogens (tertiary/aromatic N) is 6. The van der Waals surface area contributed by atoms with Crippen LogP contribution in [0.3, 0.4) is 0 Å². The molecule has 0 aliphatic rings. The molecule has 4 aromatic rings. The average Bonchev–Trinajstić information content (AvgIpc) is 3.47. The van der Waals surface area contributed by atoms with Crippen molar-refractivity contribution in [2.24, 2.45) is 0 Å². The lowest BCUT2D eigenvalue weighted by Crippen LogP contribution is -2.27. The number of halogens is 1. The van der Waals surface area contributed by atoms with Crippen molar-refractivity contribution in [3.05, 3.63) is 76.2 Å². The van der Waals surface area contributed by atoms with E-state index in [0.717, 1.165) is 25.8 Å². The number of benzene rings is 1. The van der Waals surface area contributed by atoms with Crippen LogP contribution in [-0.2, 0) is 17.8 Å². The minimum Gasteiger partial charge on any atom is -0.480 e. The Morgan fingerprint density at radius 1 is 1.21 bits per heavy atom. The molecule has 0 bridgehead atoms. The summed E-state index contributed by atoms with van der Waals surface area (Å²) in [5, 5.41) is 15.8. The van der Waals surface area contributed by atoms with Crippen LogP contribution in [0.4, 0.5) is 5.95 Å². The maximum Gasteiger partial charge on any atom is 0.319 e. The van der Waals surface area contributed by atoms with Crippen LogP contribution in [0.5, 0.6) is 0 Å². The number of rotatable bonds is 10. The lowest BCUT2D eigenvalue weighted by atomic mass is 10.2. The normalized spacial score (nSPS) is 11.5. The summed E-state index contributed by atoms with van der Waals surface area (Å²) >= 11 is 6.12. The standard InChI is InChI=1S/C23H23BrN6O2S2/c1-23(2,20(31)32)34-22-28-18(15-33-22)8-9-29(21-25-11-17(24)12-26-21)13-16-10-27-30(14-16)19-6-4-3-5-7-19/h3-7,10-12,14-15H,8-9,13H2,1-2H3,(H,31,32). The van der Waals surface area contributed by atoms with E-state index in [0.29, 0.717) is 25.5 Å². The van der Waals surface area contributed by atoms with Gasteiger partial charge in [0.15, 0.2) is 4.34 Å². The van der Waals surface area contributed by atoms with E-state index in [9.17, 15) is 9.90 Å². The van der Waals surface area contributed by atoms with Crippen LogP contribution >= 0.6 is 39.0 Å². The number of thioether (sulfide) groups is 1. The first-order valence-corrected chi connectivity index (χ1v) is 13.0. The number of aliphatic carboxylic acids is 1. The Labute approximate surface area is 214 Å². The molecule has 0 saturated carbocycles. The molecule has 0 amide bonds. The van der Waals surface area contributed by atoms with Gasteiger partial charge < -0.3 is 10.0 Å². The molecule has 0 fully saturated rings. The Balaban J connectivity index is 1.48. The van der Waals surface area contributed by atoms with Gasteiger partial charge in [0.25, 0.3) is 0 Å². The Hall–Kier alpha value is -2.76. The Kier molecular flexibility index (Phi) is 7.64. The van der Waals surface area contributed by atoms with Crippen molar-refractivity contribution >= 4 is 50.9 Å². The van der Waals surface area contributed by atoms with E-state index < -0.39 is 10.7 Å². The van der Waals surface area contributed by atoms with E-state index in [1.807, 2.05) is 52.8 Å². The summed E-state index contributed by atoms with van der Waals surface area (Å²) in [4.78, 5) is 27.1. The zero-order valence-electron chi connectivity index (χ0n) is 18.6. The first kappa shape index (κ1) is 24.4. The van der Waals surface area contributed by atoms with Crippen molar-refractivity contribution < 1.29 is 9.90 Å². The van der Waals surface area contributed by atoms with Crippen molar-refractivity contribution in [2.75, 3.05) is 11.4 Å². The zero-order chi connectivity index (χ0) is 24.1. The maximum atomic E-state index is 11.4. The van der Waals surface area contributed by atoms with Crippen molar-refractivity contribution in [2.45, 2.75) is 35.9 Å². The minimum absolute atomic E-state index is 0.590. The third-order valence-corrected chi connectivity index (χ3v) is 7.53. The summed E-state index contributed by atoms with van der Waals surface area (Å²) in [6.07, 6.45) is 8.00. The van der Waals surface area contributed by atoms with Crippen molar-refractivity contribution in [1.82, 2.24) is 24.7 Å². The van der Waals surface area contributed by atoms with Crippen molar-refractivity contribution in [1.29, 1.82) is 0 Å². The first-order chi connectivity index (χ1) is 16.3. The molecule has 8 nitrogen and oxygen atoms in total. The van der Waals surface area contributed by atoms with E-state index >= 15 is 0 Å². The van der Waals surface area contributed by atoms with Gasteiger partial charge >= 0.3 is 5.97 Å². The molecule has 0 spiro atoms. The van der Waals surface area contributed by atoms with Crippen LogP contribution in [0.2, 0.25) is 0 Å². The van der Waals surface area contributed by atoms with E-state index in [1.54, 1.807) is 26.2 Å². The van der Waals surface area contributed by atoms with Crippen LogP contribution < -0.4 is 4.90 Å². The third kappa shape index (κ3) is 6.22. The number of carbonyl (C=O) groups is 1. The summed E-state index contributed by atoms with van der Waals surface area (Å²) in [5.41, 5.74) is 2.95. The molecule has 0 saturated heterocycles. The molecule has 176 valence electrons. The zero-order valence-corrected chi connectivity index (χ0v) is 21.8. The van der Waals surface area contributed by atoms with Crippen LogP contribution in [-0.4, -0.2) is 47.1 Å². The Morgan fingerprint density at radius 3 is 2.65 bits per heavy atom.